The molecule has 0 aromatic carbocycles. The summed E-state index contributed by atoms with van der Waals surface area (Å²) in [5.74, 6) is 0.124. The predicted octanol–water partition coefficient (Wildman–Crippen LogP) is 0.905. The Morgan fingerprint density at radius 1 is 1.24 bits per heavy atom. The van der Waals surface area contributed by atoms with Crippen molar-refractivity contribution in [1.82, 2.24) is 15.1 Å². The maximum absolute atomic E-state index is 11.7. The fourth-order valence-electron chi connectivity index (χ4n) is 1.87. The Kier molecular flexibility index (Phi) is 4.78. The predicted molar refractivity (Wildman–Crippen MR) is 66.7 cm³/mol. The van der Waals surface area contributed by atoms with E-state index in [4.69, 9.17) is 0 Å². The Labute approximate surface area is 103 Å². The molecule has 17 heavy (non-hydrogen) atoms. The lowest BCUT2D eigenvalue weighted by Crippen LogP contribution is -2.49. The fraction of sp³-hybridized carbons (Fsp3) is 0.833. The number of nitrogens with zero attached hydrogens (tertiary/aromatic N) is 2. The van der Waals surface area contributed by atoms with E-state index in [0.717, 1.165) is 25.9 Å². The van der Waals surface area contributed by atoms with Crippen LogP contribution in [0.25, 0.3) is 0 Å². The minimum atomic E-state index is 0.0245. The van der Waals surface area contributed by atoms with Gasteiger partial charge >= 0.3 is 6.03 Å². The molecule has 0 spiro atoms. The standard InChI is InChI=1S/C12H23N3O2/c1-9(2)11(16)13-10-5-7-15(8-6-10)12(17)14(3)4/h9-10H,5-8H2,1-4H3,(H,13,16). The molecule has 1 rings (SSSR count). The zero-order valence-electron chi connectivity index (χ0n) is 11.2. The summed E-state index contributed by atoms with van der Waals surface area (Å²) in [6, 6.07) is 0.273. The Morgan fingerprint density at radius 3 is 2.18 bits per heavy atom. The maximum Gasteiger partial charge on any atom is 0.319 e. The number of urea groups is 1. The third-order valence-electron chi connectivity index (χ3n) is 3.02. The van der Waals surface area contributed by atoms with Crippen LogP contribution in [0, 0.1) is 5.92 Å². The number of carbonyl (C=O) groups is 2. The summed E-state index contributed by atoms with van der Waals surface area (Å²) in [6.07, 6.45) is 1.69. The third-order valence-corrected chi connectivity index (χ3v) is 3.02. The second-order valence-electron chi connectivity index (χ2n) is 5.10. The minimum Gasteiger partial charge on any atom is -0.353 e. The van der Waals surface area contributed by atoms with Crippen LogP contribution in [0.1, 0.15) is 26.7 Å². The molecule has 1 heterocycles. The van der Waals surface area contributed by atoms with Crippen LogP contribution in [0.5, 0.6) is 0 Å². The van der Waals surface area contributed by atoms with Crippen LogP contribution in [0.2, 0.25) is 0 Å². The van der Waals surface area contributed by atoms with Gasteiger partial charge in [0.2, 0.25) is 5.91 Å². The van der Waals surface area contributed by atoms with Gasteiger partial charge in [-0.3, -0.25) is 4.79 Å². The fourth-order valence-corrected chi connectivity index (χ4v) is 1.87. The first-order chi connectivity index (χ1) is 7.91. The lowest BCUT2D eigenvalue weighted by atomic mass is 10.0. The van der Waals surface area contributed by atoms with Gasteiger partial charge in [0.05, 0.1) is 0 Å². The van der Waals surface area contributed by atoms with E-state index >= 15 is 0 Å². The van der Waals surface area contributed by atoms with Crippen molar-refractivity contribution in [3.8, 4) is 0 Å². The quantitative estimate of drug-likeness (QED) is 0.781. The van der Waals surface area contributed by atoms with Crippen molar-refractivity contribution in [1.29, 1.82) is 0 Å². The van der Waals surface area contributed by atoms with Crippen LogP contribution >= 0.6 is 0 Å². The van der Waals surface area contributed by atoms with Gasteiger partial charge in [-0.2, -0.15) is 0 Å². The smallest absolute Gasteiger partial charge is 0.319 e. The molecule has 0 aromatic heterocycles. The number of hydrogen-bond donors (Lipinski definition) is 1. The van der Waals surface area contributed by atoms with Gasteiger partial charge < -0.3 is 15.1 Å². The van der Waals surface area contributed by atoms with Gasteiger partial charge in [-0.05, 0) is 12.8 Å². The summed E-state index contributed by atoms with van der Waals surface area (Å²) in [5, 5.41) is 3.02. The monoisotopic (exact) mass is 241 g/mol. The Hall–Kier alpha value is -1.26. The molecule has 3 amide bonds. The molecule has 1 N–H and O–H groups in total. The average molecular weight is 241 g/mol. The molecule has 1 aliphatic heterocycles. The number of hydrogen-bond acceptors (Lipinski definition) is 2. The molecular formula is C12H23N3O2. The lowest BCUT2D eigenvalue weighted by Gasteiger charge is -2.34. The van der Waals surface area contributed by atoms with E-state index in [-0.39, 0.29) is 23.9 Å². The number of carbonyl (C=O) groups excluding carboxylic acids is 2. The summed E-state index contributed by atoms with van der Waals surface area (Å²) in [6.45, 7) is 5.22. The molecule has 1 fully saturated rings. The van der Waals surface area contributed by atoms with E-state index in [2.05, 4.69) is 5.32 Å². The first-order valence-electron chi connectivity index (χ1n) is 6.18. The molecule has 5 heteroatoms. The SMILES string of the molecule is CC(C)C(=O)NC1CCN(C(=O)N(C)C)CC1. The maximum atomic E-state index is 11.7. The van der Waals surface area contributed by atoms with Gasteiger partial charge in [-0.25, -0.2) is 4.79 Å². The van der Waals surface area contributed by atoms with Crippen molar-refractivity contribution in [3.05, 3.63) is 0 Å². The van der Waals surface area contributed by atoms with E-state index in [1.165, 1.54) is 0 Å². The highest BCUT2D eigenvalue weighted by Gasteiger charge is 2.24. The van der Waals surface area contributed by atoms with Crippen LogP contribution < -0.4 is 5.32 Å². The second-order valence-corrected chi connectivity index (χ2v) is 5.10. The Balaban J connectivity index is 2.36. The van der Waals surface area contributed by atoms with Gasteiger partial charge in [-0.1, -0.05) is 13.8 Å². The highest BCUT2D eigenvalue weighted by Crippen LogP contribution is 2.12. The third kappa shape index (κ3) is 3.91. The molecule has 0 radical (unpaired) electrons. The first kappa shape index (κ1) is 13.8. The molecule has 1 saturated heterocycles. The van der Waals surface area contributed by atoms with Crippen LogP contribution in [0.4, 0.5) is 4.79 Å². The molecule has 0 aliphatic carbocycles. The van der Waals surface area contributed by atoms with Crippen molar-refractivity contribution in [2.45, 2.75) is 32.7 Å². The molecule has 0 bridgehead atoms. The van der Waals surface area contributed by atoms with Gasteiger partial charge in [0.25, 0.3) is 0 Å². The highest BCUT2D eigenvalue weighted by atomic mass is 16.2. The van der Waals surface area contributed by atoms with E-state index in [9.17, 15) is 9.59 Å². The topological polar surface area (TPSA) is 52.7 Å². The van der Waals surface area contributed by atoms with Crippen molar-refractivity contribution in [2.75, 3.05) is 27.2 Å². The normalized spacial score (nSPS) is 17.1. The minimum absolute atomic E-state index is 0.0245. The molecular weight excluding hydrogens is 218 g/mol. The molecule has 0 aromatic rings. The molecule has 5 nitrogen and oxygen atoms in total. The summed E-state index contributed by atoms with van der Waals surface area (Å²) in [5.41, 5.74) is 0. The number of nitrogens with one attached hydrogen (secondary N) is 1. The van der Waals surface area contributed by atoms with Crippen LogP contribution in [0.3, 0.4) is 0 Å². The summed E-state index contributed by atoms with van der Waals surface area (Å²) >= 11 is 0. The van der Waals surface area contributed by atoms with Gasteiger partial charge in [-0.15, -0.1) is 0 Å². The molecule has 0 unspecified atom stereocenters. The Bertz CT molecular complexity index is 281. The molecule has 98 valence electrons. The van der Waals surface area contributed by atoms with Crippen molar-refractivity contribution < 1.29 is 9.59 Å². The van der Waals surface area contributed by atoms with E-state index < -0.39 is 0 Å². The van der Waals surface area contributed by atoms with Crippen molar-refractivity contribution in [2.24, 2.45) is 5.92 Å². The highest BCUT2D eigenvalue weighted by molar-refractivity contribution is 5.78. The summed E-state index contributed by atoms with van der Waals surface area (Å²) in [4.78, 5) is 26.7. The van der Waals surface area contributed by atoms with E-state index in [0.29, 0.717) is 0 Å². The van der Waals surface area contributed by atoms with Gasteiger partial charge in [0.1, 0.15) is 0 Å². The number of piperidine rings is 1. The largest absolute Gasteiger partial charge is 0.353 e. The van der Waals surface area contributed by atoms with Crippen molar-refractivity contribution >= 4 is 11.9 Å². The van der Waals surface area contributed by atoms with Crippen LogP contribution in [-0.2, 0) is 4.79 Å². The number of rotatable bonds is 2. The molecule has 0 atom stereocenters. The van der Waals surface area contributed by atoms with Gasteiger partial charge in [0, 0.05) is 39.1 Å². The average Bonchev–Trinajstić information content (AvgIpc) is 2.28. The zero-order valence-corrected chi connectivity index (χ0v) is 11.2. The molecule has 0 saturated carbocycles. The van der Waals surface area contributed by atoms with Crippen LogP contribution in [0.15, 0.2) is 0 Å². The number of likely N-dealkylation sites (tertiary alicyclic amines) is 1. The summed E-state index contributed by atoms with van der Waals surface area (Å²) in [7, 11) is 3.52. The van der Waals surface area contributed by atoms with E-state index in [1.807, 2.05) is 18.7 Å². The number of amides is 3. The van der Waals surface area contributed by atoms with Crippen molar-refractivity contribution in [3.63, 3.8) is 0 Å². The molecule has 1 aliphatic rings. The van der Waals surface area contributed by atoms with Gasteiger partial charge in [0.15, 0.2) is 0 Å². The first-order valence-corrected chi connectivity index (χ1v) is 6.18. The lowest BCUT2D eigenvalue weighted by molar-refractivity contribution is -0.124. The van der Waals surface area contributed by atoms with E-state index in [1.54, 1.807) is 19.0 Å². The Morgan fingerprint density at radius 2 is 1.76 bits per heavy atom. The van der Waals surface area contributed by atoms with Crippen LogP contribution in [-0.4, -0.2) is 55.0 Å². The zero-order chi connectivity index (χ0) is 13.0. The summed E-state index contributed by atoms with van der Waals surface area (Å²) < 4.78 is 0. The second kappa shape index (κ2) is 5.89.